The van der Waals surface area contributed by atoms with Gasteiger partial charge in [-0.05, 0) is 76.0 Å². The van der Waals surface area contributed by atoms with Crippen LogP contribution in [0.1, 0.15) is 83.5 Å². The molecular formula is C27H43N5O5. The Morgan fingerprint density at radius 3 is 2.49 bits per heavy atom. The fraction of sp³-hybridized carbons (Fsp3) is 0.778. The van der Waals surface area contributed by atoms with E-state index < -0.39 is 11.6 Å². The number of rotatable bonds is 11. The Morgan fingerprint density at radius 1 is 1.22 bits per heavy atom. The van der Waals surface area contributed by atoms with Crippen molar-refractivity contribution >= 4 is 17.9 Å². The molecular weight excluding hydrogens is 474 g/mol. The van der Waals surface area contributed by atoms with Crippen LogP contribution in [0.25, 0.3) is 0 Å². The summed E-state index contributed by atoms with van der Waals surface area (Å²) < 4.78 is 13.1. The molecule has 0 saturated heterocycles. The van der Waals surface area contributed by atoms with Gasteiger partial charge in [0.05, 0.1) is 19.4 Å². The molecule has 4 saturated carbocycles. The molecule has 0 aliphatic heterocycles. The molecule has 10 nitrogen and oxygen atoms in total. The Morgan fingerprint density at radius 2 is 1.89 bits per heavy atom. The molecule has 4 N–H and O–H groups in total. The van der Waals surface area contributed by atoms with Gasteiger partial charge in [0.2, 0.25) is 11.8 Å². The van der Waals surface area contributed by atoms with Crippen molar-refractivity contribution in [3.05, 3.63) is 11.8 Å². The average molecular weight is 518 g/mol. The first kappa shape index (κ1) is 27.3. The molecule has 0 aromatic carbocycles. The highest BCUT2D eigenvalue weighted by Gasteiger charge is 2.56. The van der Waals surface area contributed by atoms with Crippen molar-refractivity contribution in [2.75, 3.05) is 13.2 Å². The van der Waals surface area contributed by atoms with Crippen molar-refractivity contribution in [3.8, 4) is 5.88 Å². The van der Waals surface area contributed by atoms with Gasteiger partial charge in [-0.15, -0.1) is 0 Å². The Kier molecular flexibility index (Phi) is 7.76. The Labute approximate surface area is 219 Å². The van der Waals surface area contributed by atoms with Crippen molar-refractivity contribution in [3.63, 3.8) is 0 Å². The first-order valence-electron chi connectivity index (χ1n) is 13.6. The van der Waals surface area contributed by atoms with Crippen molar-refractivity contribution in [1.82, 2.24) is 20.4 Å². The lowest BCUT2D eigenvalue weighted by Crippen LogP contribution is -2.60. The van der Waals surface area contributed by atoms with Crippen molar-refractivity contribution < 1.29 is 23.9 Å². The zero-order chi connectivity index (χ0) is 27.0. The molecule has 0 radical (unpaired) electrons. The Hall–Kier alpha value is -2.78. The van der Waals surface area contributed by atoms with Crippen LogP contribution < -0.4 is 21.1 Å². The molecule has 3 amide bonds. The lowest BCUT2D eigenvalue weighted by Gasteiger charge is -2.59. The molecule has 0 spiro atoms. The number of primary amides is 1. The van der Waals surface area contributed by atoms with Gasteiger partial charge in [-0.1, -0.05) is 13.8 Å². The predicted molar refractivity (Wildman–Crippen MR) is 138 cm³/mol. The second-order valence-corrected chi connectivity index (χ2v) is 12.7. The number of aromatic nitrogens is 2. The lowest BCUT2D eigenvalue weighted by atomic mass is 9.48. The zero-order valence-electron chi connectivity index (χ0n) is 22.8. The number of ether oxygens (including phenoxy) is 2. The summed E-state index contributed by atoms with van der Waals surface area (Å²) in [6.07, 6.45) is 6.64. The van der Waals surface area contributed by atoms with Gasteiger partial charge in [0.25, 0.3) is 5.91 Å². The number of aryl methyl sites for hydroxylation is 1. The highest BCUT2D eigenvalue weighted by Crippen LogP contribution is 2.60. The SMILES string of the molecule is CC(=O)NC(C)(C)CCn1ncc(C(=O)NC2C3CC4CC2CC(COC(N)=O)(C4)C3)c1OCC(C)C. The second kappa shape index (κ2) is 10.5. The predicted octanol–water partition coefficient (Wildman–Crippen LogP) is 3.24. The Balaban J connectivity index is 1.47. The smallest absolute Gasteiger partial charge is 0.404 e. The fourth-order valence-electron chi connectivity index (χ4n) is 7.07. The Bertz CT molecular complexity index is 1000. The largest absolute Gasteiger partial charge is 0.477 e. The highest BCUT2D eigenvalue weighted by molar-refractivity contribution is 5.96. The molecule has 1 heterocycles. The topological polar surface area (TPSA) is 138 Å². The summed E-state index contributed by atoms with van der Waals surface area (Å²) in [7, 11) is 0. The van der Waals surface area contributed by atoms with E-state index in [1.54, 1.807) is 10.9 Å². The van der Waals surface area contributed by atoms with Crippen LogP contribution in [0.4, 0.5) is 4.79 Å². The summed E-state index contributed by atoms with van der Waals surface area (Å²) in [5, 5.41) is 10.8. The molecule has 2 unspecified atom stereocenters. The summed E-state index contributed by atoms with van der Waals surface area (Å²) in [4.78, 5) is 36.4. The molecule has 37 heavy (non-hydrogen) atoms. The average Bonchev–Trinajstić information content (AvgIpc) is 3.19. The number of carbonyl (C=O) groups is 3. The van der Waals surface area contributed by atoms with Crippen molar-refractivity contribution in [2.24, 2.45) is 34.8 Å². The third kappa shape index (κ3) is 6.38. The molecule has 2 atom stereocenters. The van der Waals surface area contributed by atoms with Crippen LogP contribution in [0.3, 0.4) is 0 Å². The maximum Gasteiger partial charge on any atom is 0.404 e. The standard InChI is InChI=1S/C27H43N5O5/c1-16(2)14-36-24-21(13-29-32(24)7-6-26(4,5)31-17(3)33)23(34)30-22-19-8-18-9-20(22)12-27(10-18,11-19)15-37-25(28)35/h13,16,18-20,22H,6-12,14-15H2,1-5H3,(H2,28,35)(H,30,34)(H,31,33). The number of hydrogen-bond acceptors (Lipinski definition) is 6. The molecule has 4 aliphatic rings. The summed E-state index contributed by atoms with van der Waals surface area (Å²) in [5.74, 6) is 1.85. The van der Waals surface area contributed by atoms with E-state index >= 15 is 0 Å². The summed E-state index contributed by atoms with van der Waals surface area (Å²) in [6.45, 7) is 10.9. The first-order chi connectivity index (χ1) is 17.4. The van der Waals surface area contributed by atoms with E-state index in [9.17, 15) is 14.4 Å². The van der Waals surface area contributed by atoms with Crippen LogP contribution in [0.2, 0.25) is 0 Å². The minimum Gasteiger partial charge on any atom is -0.477 e. The van der Waals surface area contributed by atoms with Crippen molar-refractivity contribution in [2.45, 2.75) is 91.3 Å². The van der Waals surface area contributed by atoms with E-state index in [-0.39, 0.29) is 23.3 Å². The maximum atomic E-state index is 13.6. The van der Waals surface area contributed by atoms with Gasteiger partial charge in [0, 0.05) is 30.5 Å². The third-order valence-corrected chi connectivity index (χ3v) is 8.27. The van der Waals surface area contributed by atoms with Crippen LogP contribution in [-0.4, -0.2) is 52.5 Å². The molecule has 4 bridgehead atoms. The lowest BCUT2D eigenvalue weighted by molar-refractivity contribution is -0.120. The number of nitrogens with one attached hydrogen (secondary N) is 2. The zero-order valence-corrected chi connectivity index (χ0v) is 22.8. The number of amides is 3. The van der Waals surface area contributed by atoms with E-state index in [1.807, 2.05) is 13.8 Å². The first-order valence-corrected chi connectivity index (χ1v) is 13.6. The monoisotopic (exact) mass is 517 g/mol. The van der Waals surface area contributed by atoms with E-state index in [2.05, 4.69) is 29.6 Å². The summed E-state index contributed by atoms with van der Waals surface area (Å²) in [5.41, 5.74) is 5.27. The second-order valence-electron chi connectivity index (χ2n) is 12.7. The third-order valence-electron chi connectivity index (χ3n) is 8.27. The summed E-state index contributed by atoms with van der Waals surface area (Å²) in [6, 6.07) is 0.0887. The van der Waals surface area contributed by atoms with Gasteiger partial charge < -0.3 is 25.8 Å². The van der Waals surface area contributed by atoms with Gasteiger partial charge in [-0.3, -0.25) is 9.59 Å². The number of nitrogens with two attached hydrogens (primary N) is 1. The fourth-order valence-corrected chi connectivity index (χ4v) is 7.07. The van der Waals surface area contributed by atoms with Gasteiger partial charge in [0.1, 0.15) is 5.56 Å². The number of carbonyl (C=O) groups excluding carboxylic acids is 3. The van der Waals surface area contributed by atoms with Crippen LogP contribution in [0, 0.1) is 29.1 Å². The van der Waals surface area contributed by atoms with Gasteiger partial charge in [-0.25, -0.2) is 9.48 Å². The molecule has 5 rings (SSSR count). The summed E-state index contributed by atoms with van der Waals surface area (Å²) >= 11 is 0. The number of nitrogens with zero attached hydrogens (tertiary/aromatic N) is 2. The van der Waals surface area contributed by atoms with Crippen molar-refractivity contribution in [1.29, 1.82) is 0 Å². The molecule has 1 aromatic rings. The maximum absolute atomic E-state index is 13.6. The quantitative estimate of drug-likeness (QED) is 0.412. The molecule has 4 fully saturated rings. The highest BCUT2D eigenvalue weighted by atomic mass is 16.5. The molecule has 206 valence electrons. The van der Waals surface area contributed by atoms with Crippen LogP contribution in [0.5, 0.6) is 5.88 Å². The van der Waals surface area contributed by atoms with Crippen LogP contribution in [0.15, 0.2) is 6.20 Å². The van der Waals surface area contributed by atoms with Gasteiger partial charge in [-0.2, -0.15) is 5.10 Å². The normalized spacial score (nSPS) is 28.3. The van der Waals surface area contributed by atoms with Crippen LogP contribution >= 0.6 is 0 Å². The van der Waals surface area contributed by atoms with E-state index in [1.165, 1.54) is 6.92 Å². The van der Waals surface area contributed by atoms with E-state index in [0.717, 1.165) is 32.1 Å². The molecule has 10 heteroatoms. The van der Waals surface area contributed by atoms with E-state index in [4.69, 9.17) is 15.2 Å². The minimum atomic E-state index is -0.716. The number of hydrogen-bond donors (Lipinski definition) is 3. The van der Waals surface area contributed by atoms with E-state index in [0.29, 0.717) is 61.3 Å². The molecule has 1 aromatic heterocycles. The molecule has 4 aliphatic carbocycles. The van der Waals surface area contributed by atoms with Crippen LogP contribution in [-0.2, 0) is 16.1 Å². The minimum absolute atomic E-state index is 0.0100. The van der Waals surface area contributed by atoms with Gasteiger partial charge in [0.15, 0.2) is 0 Å². The van der Waals surface area contributed by atoms with Gasteiger partial charge >= 0.3 is 6.09 Å².